The van der Waals surface area contributed by atoms with Gasteiger partial charge in [-0.05, 0) is 30.3 Å². The largest absolute Gasteiger partial charge is 0.454 e. The Labute approximate surface area is 132 Å². The quantitative estimate of drug-likeness (QED) is 0.780. The second-order valence-electron chi connectivity index (χ2n) is 4.75. The van der Waals surface area contributed by atoms with Crippen molar-refractivity contribution in [3.63, 3.8) is 0 Å². The Kier molecular flexibility index (Phi) is 4.53. The smallest absolute Gasteiger partial charge is 0.257 e. The van der Waals surface area contributed by atoms with Crippen LogP contribution in [0.3, 0.4) is 0 Å². The molecule has 1 aliphatic rings. The Balaban J connectivity index is 1.61. The summed E-state index contributed by atoms with van der Waals surface area (Å²) >= 11 is 0. The Morgan fingerprint density at radius 1 is 1.17 bits per heavy atom. The van der Waals surface area contributed by atoms with E-state index in [4.69, 9.17) is 14.2 Å². The third-order valence-corrected chi connectivity index (χ3v) is 3.15. The van der Waals surface area contributed by atoms with E-state index >= 15 is 0 Å². The number of amides is 1. The van der Waals surface area contributed by atoms with Gasteiger partial charge in [0.05, 0.1) is 6.61 Å². The molecule has 0 fully saturated rings. The lowest BCUT2D eigenvalue weighted by Crippen LogP contribution is -2.14. The van der Waals surface area contributed by atoms with Crippen molar-refractivity contribution in [3.05, 3.63) is 35.9 Å². The molecule has 0 radical (unpaired) electrons. The van der Waals surface area contributed by atoms with Gasteiger partial charge in [0, 0.05) is 19.2 Å². The average molecular weight is 316 g/mol. The summed E-state index contributed by atoms with van der Waals surface area (Å²) in [4.78, 5) is 12.2. The van der Waals surface area contributed by atoms with E-state index in [0.29, 0.717) is 41.8 Å². The van der Waals surface area contributed by atoms with Gasteiger partial charge in [-0.3, -0.25) is 4.79 Å². The summed E-state index contributed by atoms with van der Waals surface area (Å²) < 4.78 is 15.4. The van der Waals surface area contributed by atoms with Gasteiger partial charge in [-0.25, -0.2) is 0 Å². The van der Waals surface area contributed by atoms with Crippen LogP contribution >= 0.6 is 0 Å². The molecular formula is C15H16N4O4. The molecule has 1 aromatic carbocycles. The van der Waals surface area contributed by atoms with Gasteiger partial charge in [-0.1, -0.05) is 0 Å². The lowest BCUT2D eigenvalue weighted by Gasteiger charge is -2.07. The molecule has 0 spiro atoms. The minimum absolute atomic E-state index is 0.170. The van der Waals surface area contributed by atoms with Gasteiger partial charge in [0.25, 0.3) is 5.91 Å². The van der Waals surface area contributed by atoms with Gasteiger partial charge in [-0.15, -0.1) is 10.2 Å². The first-order chi connectivity index (χ1) is 11.3. The van der Waals surface area contributed by atoms with Gasteiger partial charge in [0.1, 0.15) is 5.82 Å². The maximum atomic E-state index is 12.2. The van der Waals surface area contributed by atoms with Gasteiger partial charge in [0.15, 0.2) is 17.3 Å². The van der Waals surface area contributed by atoms with Crippen molar-refractivity contribution < 1.29 is 19.0 Å². The van der Waals surface area contributed by atoms with Gasteiger partial charge in [0.2, 0.25) is 6.79 Å². The van der Waals surface area contributed by atoms with Crippen molar-refractivity contribution in [2.24, 2.45) is 0 Å². The van der Waals surface area contributed by atoms with Crippen LogP contribution in [0.4, 0.5) is 11.6 Å². The van der Waals surface area contributed by atoms with Crippen molar-refractivity contribution in [2.75, 3.05) is 37.7 Å². The van der Waals surface area contributed by atoms with E-state index in [1.165, 1.54) is 0 Å². The fraction of sp³-hybridized carbons (Fsp3) is 0.267. The number of aromatic nitrogens is 2. The van der Waals surface area contributed by atoms with Crippen molar-refractivity contribution in [2.45, 2.75) is 0 Å². The molecule has 0 bridgehead atoms. The SMILES string of the molecule is COCCNc1ccc(NC(=O)c2ccc3c(c2)OCO3)nn1. The predicted molar refractivity (Wildman–Crippen MR) is 82.9 cm³/mol. The van der Waals surface area contributed by atoms with Crippen molar-refractivity contribution in [1.82, 2.24) is 10.2 Å². The van der Waals surface area contributed by atoms with Gasteiger partial charge in [-0.2, -0.15) is 0 Å². The minimum Gasteiger partial charge on any atom is -0.454 e. The summed E-state index contributed by atoms with van der Waals surface area (Å²) in [6.07, 6.45) is 0. The summed E-state index contributed by atoms with van der Waals surface area (Å²) in [6, 6.07) is 8.40. The zero-order valence-corrected chi connectivity index (χ0v) is 12.5. The number of rotatable bonds is 6. The van der Waals surface area contributed by atoms with Gasteiger partial charge >= 0.3 is 0 Å². The average Bonchev–Trinajstić information content (AvgIpc) is 3.04. The zero-order chi connectivity index (χ0) is 16.1. The maximum absolute atomic E-state index is 12.2. The van der Waals surface area contributed by atoms with E-state index in [9.17, 15) is 4.79 Å². The Bertz CT molecular complexity index is 690. The Morgan fingerprint density at radius 2 is 1.96 bits per heavy atom. The number of anilines is 2. The molecule has 2 heterocycles. The molecule has 0 aliphatic carbocycles. The highest BCUT2D eigenvalue weighted by Crippen LogP contribution is 2.32. The lowest BCUT2D eigenvalue weighted by molar-refractivity contribution is 0.102. The summed E-state index contributed by atoms with van der Waals surface area (Å²) in [5.74, 6) is 1.88. The summed E-state index contributed by atoms with van der Waals surface area (Å²) in [5, 5.41) is 13.7. The number of nitrogens with one attached hydrogen (secondary N) is 2. The first kappa shape index (κ1) is 15.0. The molecule has 8 nitrogen and oxygen atoms in total. The van der Waals surface area contributed by atoms with Crippen molar-refractivity contribution in [1.29, 1.82) is 0 Å². The van der Waals surface area contributed by atoms with Crippen LogP contribution in [0.1, 0.15) is 10.4 Å². The topological polar surface area (TPSA) is 94.6 Å². The Morgan fingerprint density at radius 3 is 2.74 bits per heavy atom. The van der Waals surface area contributed by atoms with E-state index in [1.807, 2.05) is 0 Å². The number of fused-ring (bicyclic) bond motifs is 1. The van der Waals surface area contributed by atoms with Crippen LogP contribution < -0.4 is 20.1 Å². The van der Waals surface area contributed by atoms with E-state index < -0.39 is 0 Å². The van der Waals surface area contributed by atoms with Crippen LogP contribution in [-0.4, -0.2) is 43.2 Å². The van der Waals surface area contributed by atoms with Crippen molar-refractivity contribution in [3.8, 4) is 11.5 Å². The van der Waals surface area contributed by atoms with E-state index in [-0.39, 0.29) is 12.7 Å². The fourth-order valence-corrected chi connectivity index (χ4v) is 2.00. The molecule has 2 aromatic rings. The summed E-state index contributed by atoms with van der Waals surface area (Å²) in [5.41, 5.74) is 0.457. The van der Waals surface area contributed by atoms with Gasteiger partial charge < -0.3 is 24.8 Å². The Hall–Kier alpha value is -2.87. The van der Waals surface area contributed by atoms with Crippen LogP contribution in [0.15, 0.2) is 30.3 Å². The number of nitrogens with zero attached hydrogens (tertiary/aromatic N) is 2. The molecule has 3 rings (SSSR count). The predicted octanol–water partition coefficient (Wildman–Crippen LogP) is 1.52. The third-order valence-electron chi connectivity index (χ3n) is 3.15. The van der Waals surface area contributed by atoms with Crippen LogP contribution in [-0.2, 0) is 4.74 Å². The number of hydrogen-bond donors (Lipinski definition) is 2. The molecule has 23 heavy (non-hydrogen) atoms. The first-order valence-corrected chi connectivity index (χ1v) is 7.04. The zero-order valence-electron chi connectivity index (χ0n) is 12.5. The second-order valence-corrected chi connectivity index (χ2v) is 4.75. The number of benzene rings is 1. The number of carbonyl (C=O) groups excluding carboxylic acids is 1. The lowest BCUT2D eigenvalue weighted by atomic mass is 10.2. The molecule has 0 atom stereocenters. The molecular weight excluding hydrogens is 300 g/mol. The maximum Gasteiger partial charge on any atom is 0.257 e. The highest BCUT2D eigenvalue weighted by Gasteiger charge is 2.16. The number of carbonyl (C=O) groups is 1. The van der Waals surface area contributed by atoms with Crippen LogP contribution in [0.5, 0.6) is 11.5 Å². The van der Waals surface area contributed by atoms with Crippen LogP contribution in [0.25, 0.3) is 0 Å². The van der Waals surface area contributed by atoms with Crippen LogP contribution in [0.2, 0.25) is 0 Å². The molecule has 1 aromatic heterocycles. The highest BCUT2D eigenvalue weighted by atomic mass is 16.7. The number of ether oxygens (including phenoxy) is 3. The third kappa shape index (κ3) is 3.67. The molecule has 8 heteroatoms. The fourth-order valence-electron chi connectivity index (χ4n) is 2.00. The van der Waals surface area contributed by atoms with E-state index in [1.54, 1.807) is 37.4 Å². The number of methoxy groups -OCH3 is 1. The monoisotopic (exact) mass is 316 g/mol. The standard InChI is InChI=1S/C15H16N4O4/c1-21-7-6-16-13-4-5-14(19-18-13)17-15(20)10-2-3-11-12(8-10)23-9-22-11/h2-5,8H,6-7,9H2,1H3,(H,16,18)(H,17,19,20). The molecule has 0 saturated heterocycles. The molecule has 1 amide bonds. The second kappa shape index (κ2) is 6.93. The molecule has 1 aliphatic heterocycles. The van der Waals surface area contributed by atoms with Crippen molar-refractivity contribution >= 4 is 17.5 Å². The molecule has 2 N–H and O–H groups in total. The minimum atomic E-state index is -0.294. The summed E-state index contributed by atoms with van der Waals surface area (Å²) in [7, 11) is 1.63. The normalized spacial score (nSPS) is 12.0. The highest BCUT2D eigenvalue weighted by molar-refractivity contribution is 6.04. The molecule has 120 valence electrons. The summed E-state index contributed by atoms with van der Waals surface area (Å²) in [6.45, 7) is 1.38. The van der Waals surface area contributed by atoms with E-state index in [0.717, 1.165) is 0 Å². The van der Waals surface area contributed by atoms with E-state index in [2.05, 4.69) is 20.8 Å². The molecule has 0 saturated carbocycles. The van der Waals surface area contributed by atoms with Crippen LogP contribution in [0, 0.1) is 0 Å². The first-order valence-electron chi connectivity index (χ1n) is 7.04. The molecule has 0 unspecified atom stereocenters. The number of hydrogen-bond acceptors (Lipinski definition) is 7.